The van der Waals surface area contributed by atoms with Gasteiger partial charge >= 0.3 is 6.18 Å². The van der Waals surface area contributed by atoms with Crippen LogP contribution < -0.4 is 0 Å². The predicted molar refractivity (Wildman–Crippen MR) is 59.0 cm³/mol. The van der Waals surface area contributed by atoms with Gasteiger partial charge in [-0.2, -0.15) is 13.2 Å². The molecule has 0 aromatic heterocycles. The normalized spacial score (nSPS) is 12.4. The van der Waals surface area contributed by atoms with Crippen LogP contribution in [0.3, 0.4) is 0 Å². The minimum Gasteiger partial charge on any atom is -0.383 e. The maximum Gasteiger partial charge on any atom is 0.411 e. The van der Waals surface area contributed by atoms with Crippen LogP contribution in [0.2, 0.25) is 0 Å². The van der Waals surface area contributed by atoms with Crippen molar-refractivity contribution in [2.45, 2.75) is 6.18 Å². The summed E-state index contributed by atoms with van der Waals surface area (Å²) < 4.78 is 44.7. The van der Waals surface area contributed by atoms with E-state index in [1.807, 2.05) is 4.90 Å². The van der Waals surface area contributed by atoms with Gasteiger partial charge in [0.1, 0.15) is 6.61 Å². The lowest BCUT2D eigenvalue weighted by Gasteiger charge is -2.20. The molecule has 0 N–H and O–H groups in total. The van der Waals surface area contributed by atoms with Crippen LogP contribution in [0.4, 0.5) is 13.2 Å². The van der Waals surface area contributed by atoms with Crippen molar-refractivity contribution >= 4 is 15.9 Å². The monoisotopic (exact) mass is 307 g/mol. The van der Waals surface area contributed by atoms with Gasteiger partial charge in [0, 0.05) is 32.1 Å². The number of nitrogens with zero attached hydrogens (tertiary/aromatic N) is 1. The van der Waals surface area contributed by atoms with Gasteiger partial charge in [-0.3, -0.25) is 4.90 Å². The first-order valence-corrected chi connectivity index (χ1v) is 6.03. The summed E-state index contributed by atoms with van der Waals surface area (Å²) in [6.45, 7) is 1.39. The van der Waals surface area contributed by atoms with Crippen LogP contribution in [0.5, 0.6) is 0 Å². The average Bonchev–Trinajstić information content (AvgIpc) is 2.19. The Morgan fingerprint density at radius 3 is 2.25 bits per heavy atom. The van der Waals surface area contributed by atoms with Crippen molar-refractivity contribution in [2.75, 3.05) is 51.9 Å². The van der Waals surface area contributed by atoms with Gasteiger partial charge in [0.25, 0.3) is 0 Å². The zero-order valence-corrected chi connectivity index (χ0v) is 10.8. The van der Waals surface area contributed by atoms with Crippen LogP contribution in [0.25, 0.3) is 0 Å². The number of alkyl halides is 4. The molecule has 0 fully saturated rings. The molecule has 0 rings (SSSR count). The molecule has 0 heterocycles. The molecule has 98 valence electrons. The van der Waals surface area contributed by atoms with Gasteiger partial charge in [-0.1, -0.05) is 15.9 Å². The van der Waals surface area contributed by atoms with Crippen LogP contribution in [-0.2, 0) is 9.47 Å². The van der Waals surface area contributed by atoms with E-state index in [-0.39, 0.29) is 6.61 Å². The molecular formula is C9H17BrF3NO2. The Morgan fingerprint density at radius 1 is 1.12 bits per heavy atom. The van der Waals surface area contributed by atoms with Crippen LogP contribution >= 0.6 is 15.9 Å². The minimum atomic E-state index is -4.24. The van der Waals surface area contributed by atoms with Crippen LogP contribution in [0.1, 0.15) is 0 Å². The Balaban J connectivity index is 3.59. The zero-order valence-electron chi connectivity index (χ0n) is 9.23. The second kappa shape index (κ2) is 9.21. The summed E-state index contributed by atoms with van der Waals surface area (Å²) in [5.41, 5.74) is 0. The fraction of sp³-hybridized carbons (Fsp3) is 1.00. The van der Waals surface area contributed by atoms with Crippen LogP contribution in [0.15, 0.2) is 0 Å². The first kappa shape index (κ1) is 16.1. The summed E-state index contributed by atoms with van der Waals surface area (Å²) in [7, 11) is 1.59. The standard InChI is InChI=1S/C9H17BrF3NO2/c1-15-6-4-14(3-2-10)5-7-16-8-9(11,12)13/h2-8H2,1H3. The fourth-order valence-electron chi connectivity index (χ4n) is 1.06. The van der Waals surface area contributed by atoms with Crippen LogP contribution in [0, 0.1) is 0 Å². The van der Waals surface area contributed by atoms with E-state index < -0.39 is 12.8 Å². The SMILES string of the molecule is COCCN(CCBr)CCOCC(F)(F)F. The Labute approximate surface area is 102 Å². The third-order valence-electron chi connectivity index (χ3n) is 1.83. The van der Waals surface area contributed by atoms with Gasteiger partial charge in [-0.15, -0.1) is 0 Å². The molecule has 0 aliphatic heterocycles. The van der Waals surface area contributed by atoms with E-state index in [4.69, 9.17) is 4.74 Å². The molecule has 0 aliphatic carbocycles. The highest BCUT2D eigenvalue weighted by molar-refractivity contribution is 9.09. The summed E-state index contributed by atoms with van der Waals surface area (Å²) >= 11 is 3.28. The second-order valence-electron chi connectivity index (χ2n) is 3.19. The molecule has 0 spiro atoms. The molecule has 7 heteroatoms. The summed E-state index contributed by atoms with van der Waals surface area (Å²) in [4.78, 5) is 1.98. The van der Waals surface area contributed by atoms with Gasteiger partial charge < -0.3 is 9.47 Å². The number of hydrogen-bond acceptors (Lipinski definition) is 3. The van der Waals surface area contributed by atoms with Crippen molar-refractivity contribution in [3.05, 3.63) is 0 Å². The van der Waals surface area contributed by atoms with Gasteiger partial charge in [0.05, 0.1) is 13.2 Å². The Bertz CT molecular complexity index is 169. The van der Waals surface area contributed by atoms with Crippen molar-refractivity contribution in [1.82, 2.24) is 4.90 Å². The Morgan fingerprint density at radius 2 is 1.75 bits per heavy atom. The molecule has 0 atom stereocenters. The van der Waals surface area contributed by atoms with E-state index in [0.717, 1.165) is 11.9 Å². The van der Waals surface area contributed by atoms with E-state index >= 15 is 0 Å². The largest absolute Gasteiger partial charge is 0.411 e. The predicted octanol–water partition coefficient (Wildman–Crippen LogP) is 1.91. The molecule has 0 bridgehead atoms. The van der Waals surface area contributed by atoms with E-state index in [1.54, 1.807) is 7.11 Å². The maximum atomic E-state index is 11.8. The topological polar surface area (TPSA) is 21.7 Å². The number of methoxy groups -OCH3 is 1. The Hall–Kier alpha value is 0.150. The van der Waals surface area contributed by atoms with E-state index in [2.05, 4.69) is 20.7 Å². The second-order valence-corrected chi connectivity index (χ2v) is 3.98. The summed E-state index contributed by atoms with van der Waals surface area (Å²) in [6, 6.07) is 0. The molecular weight excluding hydrogens is 291 g/mol. The number of ether oxygens (including phenoxy) is 2. The van der Waals surface area contributed by atoms with Crippen molar-refractivity contribution in [2.24, 2.45) is 0 Å². The molecule has 0 radical (unpaired) electrons. The molecule has 0 amide bonds. The summed E-state index contributed by atoms with van der Waals surface area (Å²) in [6.07, 6.45) is -4.24. The highest BCUT2D eigenvalue weighted by atomic mass is 79.9. The lowest BCUT2D eigenvalue weighted by molar-refractivity contribution is -0.174. The zero-order chi connectivity index (χ0) is 12.4. The lowest BCUT2D eigenvalue weighted by Crippen LogP contribution is -2.33. The quantitative estimate of drug-likeness (QED) is 0.480. The van der Waals surface area contributed by atoms with Gasteiger partial charge in [-0.25, -0.2) is 0 Å². The maximum absolute atomic E-state index is 11.8. The Kier molecular flexibility index (Phi) is 9.29. The molecule has 0 unspecified atom stereocenters. The third-order valence-corrected chi connectivity index (χ3v) is 2.18. The molecule has 0 aromatic carbocycles. The molecule has 0 aliphatic rings. The highest BCUT2D eigenvalue weighted by Gasteiger charge is 2.27. The smallest absolute Gasteiger partial charge is 0.383 e. The van der Waals surface area contributed by atoms with E-state index in [9.17, 15) is 13.2 Å². The summed E-state index contributed by atoms with van der Waals surface area (Å²) in [5.74, 6) is 0. The molecule has 16 heavy (non-hydrogen) atoms. The summed E-state index contributed by atoms with van der Waals surface area (Å²) in [5, 5.41) is 0.774. The van der Waals surface area contributed by atoms with Crippen molar-refractivity contribution in [3.8, 4) is 0 Å². The number of rotatable bonds is 9. The van der Waals surface area contributed by atoms with Crippen molar-refractivity contribution < 1.29 is 22.6 Å². The molecule has 0 saturated carbocycles. The van der Waals surface area contributed by atoms with E-state index in [1.165, 1.54) is 0 Å². The average molecular weight is 308 g/mol. The van der Waals surface area contributed by atoms with Crippen LogP contribution in [-0.4, -0.2) is 63.0 Å². The van der Waals surface area contributed by atoms with Gasteiger partial charge in [0.15, 0.2) is 0 Å². The van der Waals surface area contributed by atoms with Crippen molar-refractivity contribution in [1.29, 1.82) is 0 Å². The van der Waals surface area contributed by atoms with Gasteiger partial charge in [-0.05, 0) is 0 Å². The molecule has 0 saturated heterocycles. The van der Waals surface area contributed by atoms with Gasteiger partial charge in [0.2, 0.25) is 0 Å². The highest BCUT2D eigenvalue weighted by Crippen LogP contribution is 2.14. The number of halogens is 4. The first-order chi connectivity index (χ1) is 7.49. The van der Waals surface area contributed by atoms with E-state index in [0.29, 0.717) is 19.7 Å². The minimum absolute atomic E-state index is 0.0796. The molecule has 3 nitrogen and oxygen atoms in total. The lowest BCUT2D eigenvalue weighted by atomic mass is 10.5. The third kappa shape index (κ3) is 10.7. The number of hydrogen-bond donors (Lipinski definition) is 0. The first-order valence-electron chi connectivity index (χ1n) is 4.91. The fourth-order valence-corrected chi connectivity index (χ4v) is 1.56. The van der Waals surface area contributed by atoms with Crippen molar-refractivity contribution in [3.63, 3.8) is 0 Å². The molecule has 0 aromatic rings.